The fourth-order valence-corrected chi connectivity index (χ4v) is 4.04. The summed E-state index contributed by atoms with van der Waals surface area (Å²) in [5.74, 6) is -2.21. The number of rotatable bonds is 4. The van der Waals surface area contributed by atoms with Crippen LogP contribution in [0.25, 0.3) is 0 Å². The van der Waals surface area contributed by atoms with Crippen molar-refractivity contribution in [2.45, 2.75) is 24.5 Å². The molecule has 0 radical (unpaired) electrons. The van der Waals surface area contributed by atoms with Gasteiger partial charge in [0, 0.05) is 13.6 Å². The first-order chi connectivity index (χ1) is 11.8. The zero-order valence-corrected chi connectivity index (χ0v) is 14.7. The molecule has 8 nitrogen and oxygen atoms in total. The van der Waals surface area contributed by atoms with Gasteiger partial charge in [-0.05, 0) is 37.1 Å². The normalized spacial score (nSPS) is 18.6. The predicted octanol–water partition coefficient (Wildman–Crippen LogP) is -0.267. The Kier molecular flexibility index (Phi) is 6.09. The summed E-state index contributed by atoms with van der Waals surface area (Å²) in [7, 11) is -2.62. The Bertz CT molecular complexity index is 768. The van der Waals surface area contributed by atoms with Crippen molar-refractivity contribution in [3.63, 3.8) is 0 Å². The Balaban J connectivity index is 2.19. The van der Waals surface area contributed by atoms with Gasteiger partial charge in [-0.1, -0.05) is 0 Å². The number of carbonyl (C=O) groups excluding carboxylic acids is 2. The molecule has 0 spiro atoms. The maximum absolute atomic E-state index is 13.4. The highest BCUT2D eigenvalue weighted by Gasteiger charge is 2.35. The van der Waals surface area contributed by atoms with Crippen LogP contribution in [0.4, 0.5) is 4.39 Å². The van der Waals surface area contributed by atoms with Crippen LogP contribution in [0.15, 0.2) is 23.1 Å². The van der Waals surface area contributed by atoms with Gasteiger partial charge in [0.2, 0.25) is 10.0 Å². The van der Waals surface area contributed by atoms with Gasteiger partial charge < -0.3 is 15.4 Å². The molecule has 2 rings (SSSR count). The summed E-state index contributed by atoms with van der Waals surface area (Å²) in [5, 5.41) is 4.51. The summed E-state index contributed by atoms with van der Waals surface area (Å²) in [6.07, 6.45) is -0.461. The molecule has 1 aliphatic heterocycles. The standard InChI is InChI=1S/C15H20FN3O5S/c1-10-8-11(4-5-12(10)16)25(22,23)19-6-3-7-24-13(19)9-18-15(21)14(20)17-2/h4-5,8,13H,3,6-7,9H2,1-2H3,(H,17,20)(H,18,21)/t13-/m0/s1. The van der Waals surface area contributed by atoms with E-state index in [-0.39, 0.29) is 23.5 Å². The molecular formula is C15H20FN3O5S. The zero-order valence-electron chi connectivity index (χ0n) is 13.9. The SMILES string of the molecule is CNC(=O)C(=O)NC[C@@H]1OCCCN1S(=O)(=O)c1ccc(F)c(C)c1. The summed E-state index contributed by atoms with van der Waals surface area (Å²) in [5.41, 5.74) is 0.212. The number of sulfonamides is 1. The lowest BCUT2D eigenvalue weighted by molar-refractivity contribution is -0.139. The molecule has 0 unspecified atom stereocenters. The predicted molar refractivity (Wildman–Crippen MR) is 86.5 cm³/mol. The van der Waals surface area contributed by atoms with Crippen molar-refractivity contribution in [2.24, 2.45) is 0 Å². The van der Waals surface area contributed by atoms with Crippen molar-refractivity contribution >= 4 is 21.8 Å². The van der Waals surface area contributed by atoms with Crippen LogP contribution in [-0.4, -0.2) is 57.5 Å². The summed E-state index contributed by atoms with van der Waals surface area (Å²) in [6.45, 7) is 1.82. The lowest BCUT2D eigenvalue weighted by atomic mass is 10.2. The molecule has 138 valence electrons. The number of carbonyl (C=O) groups is 2. The number of likely N-dealkylation sites (N-methyl/N-ethyl adjacent to an activating group) is 1. The minimum absolute atomic E-state index is 0.0560. The molecule has 0 saturated carbocycles. The van der Waals surface area contributed by atoms with Gasteiger partial charge in [0.1, 0.15) is 12.0 Å². The highest BCUT2D eigenvalue weighted by Crippen LogP contribution is 2.23. The second-order valence-corrected chi connectivity index (χ2v) is 7.39. The summed E-state index contributed by atoms with van der Waals surface area (Å²) in [6, 6.07) is 3.53. The van der Waals surface area contributed by atoms with Gasteiger partial charge in [-0.25, -0.2) is 12.8 Å². The molecule has 1 saturated heterocycles. The van der Waals surface area contributed by atoms with Gasteiger partial charge in [-0.2, -0.15) is 4.31 Å². The number of nitrogens with zero attached hydrogens (tertiary/aromatic N) is 1. The average Bonchev–Trinajstić information content (AvgIpc) is 2.61. The van der Waals surface area contributed by atoms with Crippen LogP contribution in [-0.2, 0) is 24.3 Å². The maximum Gasteiger partial charge on any atom is 0.309 e. The second kappa shape index (κ2) is 7.89. The average molecular weight is 373 g/mol. The number of ether oxygens (including phenoxy) is 1. The van der Waals surface area contributed by atoms with E-state index >= 15 is 0 Å². The molecule has 1 fully saturated rings. The van der Waals surface area contributed by atoms with Gasteiger partial charge >= 0.3 is 11.8 Å². The largest absolute Gasteiger partial charge is 0.360 e. The van der Waals surface area contributed by atoms with Gasteiger partial charge in [0.25, 0.3) is 0 Å². The molecule has 0 aromatic heterocycles. The number of benzene rings is 1. The van der Waals surface area contributed by atoms with Crippen molar-refractivity contribution in [3.05, 3.63) is 29.6 Å². The van der Waals surface area contributed by atoms with Crippen LogP contribution in [0.5, 0.6) is 0 Å². The molecule has 2 N–H and O–H groups in total. The van der Waals surface area contributed by atoms with Crippen LogP contribution >= 0.6 is 0 Å². The molecule has 1 aromatic carbocycles. The highest BCUT2D eigenvalue weighted by atomic mass is 32.2. The van der Waals surface area contributed by atoms with E-state index in [0.29, 0.717) is 13.0 Å². The minimum Gasteiger partial charge on any atom is -0.360 e. The van der Waals surface area contributed by atoms with E-state index in [2.05, 4.69) is 10.6 Å². The summed E-state index contributed by atoms with van der Waals surface area (Å²) in [4.78, 5) is 22.7. The Morgan fingerprint density at radius 2 is 2.08 bits per heavy atom. The first-order valence-electron chi connectivity index (χ1n) is 7.67. The van der Waals surface area contributed by atoms with Crippen LogP contribution in [0, 0.1) is 12.7 Å². The van der Waals surface area contributed by atoms with Crippen LogP contribution in [0.3, 0.4) is 0 Å². The van der Waals surface area contributed by atoms with Crippen molar-refractivity contribution in [2.75, 3.05) is 26.7 Å². The number of hydrogen-bond donors (Lipinski definition) is 2. The Morgan fingerprint density at radius 1 is 1.36 bits per heavy atom. The van der Waals surface area contributed by atoms with Crippen molar-refractivity contribution in [3.8, 4) is 0 Å². The molecular weight excluding hydrogens is 353 g/mol. The van der Waals surface area contributed by atoms with Gasteiger partial charge in [-0.15, -0.1) is 0 Å². The Labute approximate surface area is 145 Å². The van der Waals surface area contributed by atoms with Gasteiger partial charge in [0.15, 0.2) is 0 Å². The van der Waals surface area contributed by atoms with Crippen LogP contribution < -0.4 is 10.6 Å². The second-order valence-electron chi connectivity index (χ2n) is 5.49. The Hall–Kier alpha value is -2.04. The first kappa shape index (κ1) is 19.3. The topological polar surface area (TPSA) is 105 Å². The number of halogens is 1. The molecule has 1 aliphatic rings. The van der Waals surface area contributed by atoms with Crippen molar-refractivity contribution < 1.29 is 27.1 Å². The summed E-state index contributed by atoms with van der Waals surface area (Å²) < 4.78 is 45.6. The quantitative estimate of drug-likeness (QED) is 0.707. The monoisotopic (exact) mass is 373 g/mol. The molecule has 10 heteroatoms. The third-order valence-corrected chi connectivity index (χ3v) is 5.65. The number of hydrogen-bond acceptors (Lipinski definition) is 5. The van der Waals surface area contributed by atoms with E-state index in [1.807, 2.05) is 0 Å². The van der Waals surface area contributed by atoms with Gasteiger partial charge in [-0.3, -0.25) is 9.59 Å². The fraction of sp³-hybridized carbons (Fsp3) is 0.467. The molecule has 1 heterocycles. The van der Waals surface area contributed by atoms with E-state index < -0.39 is 33.9 Å². The first-order valence-corrected chi connectivity index (χ1v) is 9.11. The fourth-order valence-electron chi connectivity index (χ4n) is 2.39. The molecule has 1 atom stereocenters. The van der Waals surface area contributed by atoms with E-state index in [1.165, 1.54) is 26.1 Å². The smallest absolute Gasteiger partial charge is 0.309 e. The molecule has 1 aromatic rings. The zero-order chi connectivity index (χ0) is 18.6. The molecule has 0 bridgehead atoms. The van der Waals surface area contributed by atoms with Crippen molar-refractivity contribution in [1.82, 2.24) is 14.9 Å². The maximum atomic E-state index is 13.4. The highest BCUT2D eigenvalue weighted by molar-refractivity contribution is 7.89. The number of amides is 2. The summed E-state index contributed by atoms with van der Waals surface area (Å²) >= 11 is 0. The van der Waals surface area contributed by atoms with Gasteiger partial charge in [0.05, 0.1) is 18.0 Å². The van der Waals surface area contributed by atoms with E-state index in [0.717, 1.165) is 10.4 Å². The lowest BCUT2D eigenvalue weighted by Gasteiger charge is -2.34. The lowest BCUT2D eigenvalue weighted by Crippen LogP contribution is -2.52. The minimum atomic E-state index is -3.93. The van der Waals surface area contributed by atoms with Crippen LogP contribution in [0.1, 0.15) is 12.0 Å². The molecule has 2 amide bonds. The van der Waals surface area contributed by atoms with E-state index in [1.54, 1.807) is 0 Å². The van der Waals surface area contributed by atoms with E-state index in [9.17, 15) is 22.4 Å². The third-order valence-electron chi connectivity index (χ3n) is 3.76. The van der Waals surface area contributed by atoms with E-state index in [4.69, 9.17) is 4.74 Å². The molecule has 25 heavy (non-hydrogen) atoms. The van der Waals surface area contributed by atoms with Crippen molar-refractivity contribution in [1.29, 1.82) is 0 Å². The number of aryl methyl sites for hydroxylation is 1. The molecule has 0 aliphatic carbocycles. The number of nitrogens with one attached hydrogen (secondary N) is 2. The Morgan fingerprint density at radius 3 is 2.72 bits per heavy atom. The third kappa shape index (κ3) is 4.33. The van der Waals surface area contributed by atoms with Crippen LogP contribution in [0.2, 0.25) is 0 Å².